The van der Waals surface area contributed by atoms with Gasteiger partial charge >= 0.3 is 5.97 Å². The molecule has 2 atom stereocenters. The van der Waals surface area contributed by atoms with Gasteiger partial charge in [-0.3, -0.25) is 9.59 Å². The van der Waals surface area contributed by atoms with Gasteiger partial charge in [0.1, 0.15) is 0 Å². The molecule has 0 aliphatic rings. The Labute approximate surface area is 125 Å². The van der Waals surface area contributed by atoms with E-state index in [9.17, 15) is 9.59 Å². The molecule has 2 unspecified atom stereocenters. The summed E-state index contributed by atoms with van der Waals surface area (Å²) in [6.45, 7) is 2.55. The first-order valence-electron chi connectivity index (χ1n) is 7.28. The van der Waals surface area contributed by atoms with Crippen LogP contribution in [0.1, 0.15) is 44.2 Å². The monoisotopic (exact) mass is 292 g/mol. The van der Waals surface area contributed by atoms with Crippen molar-refractivity contribution < 1.29 is 14.7 Å². The Kier molecular flexibility index (Phi) is 7.46. The predicted molar refractivity (Wildman–Crippen MR) is 81.6 cm³/mol. The third-order valence-electron chi connectivity index (χ3n) is 3.44. The Bertz CT molecular complexity index is 448. The minimum atomic E-state index is -0.778. The minimum Gasteiger partial charge on any atom is -0.481 e. The minimum absolute atomic E-state index is 0.0724. The average molecular weight is 292 g/mol. The van der Waals surface area contributed by atoms with Crippen LogP contribution < -0.4 is 11.1 Å². The Balaban J connectivity index is 2.21. The molecule has 0 heterocycles. The highest BCUT2D eigenvalue weighted by molar-refractivity contribution is 5.76. The maximum atomic E-state index is 11.8. The van der Waals surface area contributed by atoms with Crippen molar-refractivity contribution >= 4 is 11.9 Å². The van der Waals surface area contributed by atoms with E-state index >= 15 is 0 Å². The van der Waals surface area contributed by atoms with E-state index in [-0.39, 0.29) is 30.7 Å². The molecule has 0 bridgehead atoms. The van der Waals surface area contributed by atoms with Crippen molar-refractivity contribution in [2.24, 2.45) is 11.7 Å². The van der Waals surface area contributed by atoms with Crippen molar-refractivity contribution in [2.45, 2.75) is 38.6 Å². The van der Waals surface area contributed by atoms with E-state index in [0.717, 1.165) is 12.0 Å². The van der Waals surface area contributed by atoms with E-state index in [1.54, 1.807) is 0 Å². The molecule has 0 aliphatic heterocycles. The van der Waals surface area contributed by atoms with Crippen LogP contribution in [-0.2, 0) is 9.59 Å². The highest BCUT2D eigenvalue weighted by Gasteiger charge is 2.11. The number of aliphatic carboxylic acids is 1. The number of carbonyl (C=O) groups excluding carboxylic acids is 1. The Morgan fingerprint density at radius 2 is 1.90 bits per heavy atom. The normalized spacial score (nSPS) is 13.4. The summed E-state index contributed by atoms with van der Waals surface area (Å²) in [5, 5.41) is 11.4. The van der Waals surface area contributed by atoms with E-state index in [1.165, 1.54) is 0 Å². The first-order valence-corrected chi connectivity index (χ1v) is 7.28. The van der Waals surface area contributed by atoms with Crippen molar-refractivity contribution in [2.75, 3.05) is 6.54 Å². The summed E-state index contributed by atoms with van der Waals surface area (Å²) in [7, 11) is 0. The van der Waals surface area contributed by atoms with Gasteiger partial charge in [-0.15, -0.1) is 0 Å². The van der Waals surface area contributed by atoms with Crippen LogP contribution in [0, 0.1) is 5.92 Å². The Morgan fingerprint density at radius 1 is 1.24 bits per heavy atom. The van der Waals surface area contributed by atoms with Gasteiger partial charge in [0.15, 0.2) is 0 Å². The zero-order valence-electron chi connectivity index (χ0n) is 12.4. The van der Waals surface area contributed by atoms with Gasteiger partial charge in [-0.25, -0.2) is 0 Å². The lowest BCUT2D eigenvalue weighted by molar-refractivity contribution is -0.137. The van der Waals surface area contributed by atoms with Gasteiger partial charge in [0.2, 0.25) is 5.91 Å². The molecule has 5 heteroatoms. The molecule has 0 fully saturated rings. The molecule has 0 saturated heterocycles. The van der Waals surface area contributed by atoms with Gasteiger partial charge in [0, 0.05) is 25.4 Å². The zero-order chi connectivity index (χ0) is 15.7. The van der Waals surface area contributed by atoms with Gasteiger partial charge in [0.25, 0.3) is 0 Å². The SMILES string of the molecule is CC(CCNC(=O)CC(N)c1ccccc1)CCC(=O)O. The number of rotatable bonds is 9. The van der Waals surface area contributed by atoms with Gasteiger partial charge in [-0.2, -0.15) is 0 Å². The van der Waals surface area contributed by atoms with Gasteiger partial charge in [-0.05, 0) is 24.3 Å². The second kappa shape index (κ2) is 9.13. The molecule has 0 aliphatic carbocycles. The molecule has 21 heavy (non-hydrogen) atoms. The highest BCUT2D eigenvalue weighted by atomic mass is 16.4. The molecular weight excluding hydrogens is 268 g/mol. The lowest BCUT2D eigenvalue weighted by Crippen LogP contribution is -2.29. The second-order valence-electron chi connectivity index (χ2n) is 5.40. The standard InChI is InChI=1S/C16H24N2O3/c1-12(7-8-16(20)21)9-10-18-15(19)11-14(17)13-5-3-2-4-6-13/h2-6,12,14H,7-11,17H2,1H3,(H,18,19)(H,20,21). The summed E-state index contributed by atoms with van der Waals surface area (Å²) in [6, 6.07) is 9.23. The topological polar surface area (TPSA) is 92.4 Å². The summed E-state index contributed by atoms with van der Waals surface area (Å²) >= 11 is 0. The maximum Gasteiger partial charge on any atom is 0.303 e. The first-order chi connectivity index (χ1) is 9.99. The number of carbonyl (C=O) groups is 2. The third-order valence-corrected chi connectivity index (χ3v) is 3.44. The van der Waals surface area contributed by atoms with Crippen LogP contribution in [0.3, 0.4) is 0 Å². The molecule has 1 amide bonds. The van der Waals surface area contributed by atoms with E-state index in [4.69, 9.17) is 10.8 Å². The average Bonchev–Trinajstić information content (AvgIpc) is 2.46. The summed E-state index contributed by atoms with van der Waals surface area (Å²) in [5.74, 6) is -0.569. The quantitative estimate of drug-likeness (QED) is 0.649. The molecule has 4 N–H and O–H groups in total. The van der Waals surface area contributed by atoms with Crippen LogP contribution in [0.4, 0.5) is 0 Å². The molecule has 0 saturated carbocycles. The Morgan fingerprint density at radius 3 is 2.52 bits per heavy atom. The molecule has 1 aromatic rings. The molecule has 0 aromatic heterocycles. The fourth-order valence-electron chi connectivity index (χ4n) is 2.06. The lowest BCUT2D eigenvalue weighted by atomic mass is 10.0. The van der Waals surface area contributed by atoms with Crippen molar-refractivity contribution in [1.82, 2.24) is 5.32 Å². The van der Waals surface area contributed by atoms with Gasteiger partial charge in [-0.1, -0.05) is 37.3 Å². The summed E-state index contributed by atoms with van der Waals surface area (Å²) < 4.78 is 0. The van der Waals surface area contributed by atoms with Crippen LogP contribution in [0.15, 0.2) is 30.3 Å². The van der Waals surface area contributed by atoms with Crippen LogP contribution in [0.5, 0.6) is 0 Å². The predicted octanol–water partition coefficient (Wildman–Crippen LogP) is 2.08. The van der Waals surface area contributed by atoms with Crippen LogP contribution in [-0.4, -0.2) is 23.5 Å². The van der Waals surface area contributed by atoms with Crippen LogP contribution in [0.25, 0.3) is 0 Å². The van der Waals surface area contributed by atoms with Crippen molar-refractivity contribution in [3.63, 3.8) is 0 Å². The summed E-state index contributed by atoms with van der Waals surface area (Å²) in [6.07, 6.45) is 1.84. The second-order valence-corrected chi connectivity index (χ2v) is 5.40. The molecule has 0 spiro atoms. The molecular formula is C16H24N2O3. The molecule has 116 valence electrons. The Hall–Kier alpha value is -1.88. The molecule has 1 rings (SSSR count). The third kappa shape index (κ3) is 7.46. The largest absolute Gasteiger partial charge is 0.481 e. The van der Waals surface area contributed by atoms with E-state index < -0.39 is 5.97 Å². The number of carboxylic acid groups (broad SMARTS) is 1. The smallest absolute Gasteiger partial charge is 0.303 e. The lowest BCUT2D eigenvalue weighted by Gasteiger charge is -2.13. The van der Waals surface area contributed by atoms with E-state index in [0.29, 0.717) is 13.0 Å². The highest BCUT2D eigenvalue weighted by Crippen LogP contribution is 2.13. The first kappa shape index (κ1) is 17.2. The number of carboxylic acids is 1. The van der Waals surface area contributed by atoms with Crippen LogP contribution in [0.2, 0.25) is 0 Å². The van der Waals surface area contributed by atoms with E-state index in [1.807, 2.05) is 37.3 Å². The summed E-state index contributed by atoms with van der Waals surface area (Å²) in [4.78, 5) is 22.2. The number of nitrogens with one attached hydrogen (secondary N) is 1. The number of hydrogen-bond acceptors (Lipinski definition) is 3. The number of amides is 1. The number of benzene rings is 1. The maximum absolute atomic E-state index is 11.8. The zero-order valence-corrected chi connectivity index (χ0v) is 12.4. The number of hydrogen-bond donors (Lipinski definition) is 3. The summed E-state index contributed by atoms with van der Waals surface area (Å²) in [5.41, 5.74) is 6.93. The van der Waals surface area contributed by atoms with Crippen molar-refractivity contribution in [3.8, 4) is 0 Å². The number of nitrogens with two attached hydrogens (primary N) is 1. The van der Waals surface area contributed by atoms with Gasteiger partial charge in [0.05, 0.1) is 0 Å². The fraction of sp³-hybridized carbons (Fsp3) is 0.500. The van der Waals surface area contributed by atoms with Gasteiger partial charge < -0.3 is 16.2 Å². The molecule has 1 aromatic carbocycles. The fourth-order valence-corrected chi connectivity index (χ4v) is 2.06. The molecule has 5 nitrogen and oxygen atoms in total. The van der Waals surface area contributed by atoms with E-state index in [2.05, 4.69) is 5.32 Å². The van der Waals surface area contributed by atoms with Crippen molar-refractivity contribution in [1.29, 1.82) is 0 Å². The van der Waals surface area contributed by atoms with Crippen molar-refractivity contribution in [3.05, 3.63) is 35.9 Å². The van der Waals surface area contributed by atoms with Crippen LogP contribution >= 0.6 is 0 Å². The molecule has 0 radical (unpaired) electrons.